The molecule has 2 atom stereocenters. The Hall–Kier alpha value is -3.11. The molecule has 6 nitrogen and oxygen atoms in total. The number of ether oxygens (including phenoxy) is 2. The van der Waals surface area contributed by atoms with Gasteiger partial charge in [0.25, 0.3) is 0 Å². The van der Waals surface area contributed by atoms with Crippen LogP contribution in [0.4, 0.5) is 0 Å². The van der Waals surface area contributed by atoms with Crippen LogP contribution in [0, 0.1) is 22.2 Å². The first-order valence-corrected chi connectivity index (χ1v) is 10.4. The molecule has 0 aromatic heterocycles. The predicted octanol–water partition coefficient (Wildman–Crippen LogP) is 4.09. The third-order valence-electron chi connectivity index (χ3n) is 5.60. The van der Waals surface area contributed by atoms with E-state index in [2.05, 4.69) is 16.7 Å². The highest BCUT2D eigenvalue weighted by atomic mass is 32.1. The monoisotopic (exact) mass is 437 g/mol. The van der Waals surface area contributed by atoms with Crippen molar-refractivity contribution < 1.29 is 14.3 Å². The molecule has 162 valence electrons. The molecule has 0 spiro atoms. The Morgan fingerprint density at radius 1 is 0.935 bits per heavy atom. The molecule has 0 radical (unpaired) electrons. The summed E-state index contributed by atoms with van der Waals surface area (Å²) in [6.07, 6.45) is 0. The number of nitriles is 1. The van der Waals surface area contributed by atoms with Crippen LogP contribution in [0.1, 0.15) is 44.0 Å². The van der Waals surface area contributed by atoms with E-state index in [-0.39, 0.29) is 5.78 Å². The summed E-state index contributed by atoms with van der Waals surface area (Å²) in [6.45, 7) is 5.49. The lowest BCUT2D eigenvalue weighted by molar-refractivity contribution is -0.137. The second kappa shape index (κ2) is 8.56. The maximum atomic E-state index is 13.9. The van der Waals surface area contributed by atoms with E-state index >= 15 is 0 Å². The highest BCUT2D eigenvalue weighted by Gasteiger charge is 2.58. The molecule has 0 bridgehead atoms. The number of carbonyl (C=O) groups is 1. The fraction of sp³-hybridized carbons (Fsp3) is 0.375. The molecule has 1 aliphatic rings. The third-order valence-corrected chi connectivity index (χ3v) is 5.84. The van der Waals surface area contributed by atoms with Crippen LogP contribution < -0.4 is 20.1 Å². The van der Waals surface area contributed by atoms with Crippen LogP contribution in [-0.2, 0) is 4.79 Å². The molecular formula is C24H27N3O3S. The van der Waals surface area contributed by atoms with Gasteiger partial charge in [-0.1, -0.05) is 45.0 Å². The van der Waals surface area contributed by atoms with Crippen LogP contribution in [0.5, 0.6) is 11.5 Å². The Kier molecular flexibility index (Phi) is 6.23. The van der Waals surface area contributed by atoms with Gasteiger partial charge in [0.05, 0.1) is 32.4 Å². The minimum absolute atomic E-state index is 0.174. The first kappa shape index (κ1) is 22.6. The molecule has 1 fully saturated rings. The van der Waals surface area contributed by atoms with Gasteiger partial charge in [0.2, 0.25) is 0 Å². The SMILES string of the molecule is COc1ccc([C@@H]2NC(=S)N[C@@H](c3ccc(OC)cc3)C2(C#N)C(=O)C(C)(C)C)cc1. The Balaban J connectivity index is 2.23. The van der Waals surface area contributed by atoms with Crippen molar-refractivity contribution >= 4 is 23.1 Å². The van der Waals surface area contributed by atoms with Gasteiger partial charge in [0.15, 0.2) is 16.3 Å². The molecule has 3 rings (SSSR count). The van der Waals surface area contributed by atoms with Crippen molar-refractivity contribution in [3.8, 4) is 17.6 Å². The van der Waals surface area contributed by atoms with Crippen molar-refractivity contribution in [1.82, 2.24) is 10.6 Å². The van der Waals surface area contributed by atoms with Crippen LogP contribution >= 0.6 is 12.2 Å². The number of hydrogen-bond acceptors (Lipinski definition) is 5. The summed E-state index contributed by atoms with van der Waals surface area (Å²) in [7, 11) is 3.19. The highest BCUT2D eigenvalue weighted by Crippen LogP contribution is 2.50. The van der Waals surface area contributed by atoms with Crippen molar-refractivity contribution in [2.45, 2.75) is 32.9 Å². The van der Waals surface area contributed by atoms with E-state index in [1.54, 1.807) is 14.2 Å². The highest BCUT2D eigenvalue weighted by molar-refractivity contribution is 7.80. The summed E-state index contributed by atoms with van der Waals surface area (Å²) in [6, 6.07) is 15.8. The number of rotatable bonds is 5. The van der Waals surface area contributed by atoms with E-state index < -0.39 is 22.9 Å². The van der Waals surface area contributed by atoms with E-state index in [1.807, 2.05) is 69.3 Å². The van der Waals surface area contributed by atoms with Crippen molar-refractivity contribution in [3.05, 3.63) is 59.7 Å². The normalized spacial score (nSPS) is 20.1. The van der Waals surface area contributed by atoms with Crippen LogP contribution in [0.15, 0.2) is 48.5 Å². The van der Waals surface area contributed by atoms with Crippen LogP contribution in [0.3, 0.4) is 0 Å². The number of carbonyl (C=O) groups excluding carboxylic acids is 1. The lowest BCUT2D eigenvalue weighted by Gasteiger charge is -2.48. The molecule has 0 aliphatic carbocycles. The van der Waals surface area contributed by atoms with Crippen LogP contribution in [0.2, 0.25) is 0 Å². The van der Waals surface area contributed by atoms with E-state index in [1.165, 1.54) is 0 Å². The maximum absolute atomic E-state index is 13.9. The van der Waals surface area contributed by atoms with Gasteiger partial charge in [-0.05, 0) is 47.6 Å². The zero-order valence-corrected chi connectivity index (χ0v) is 19.2. The van der Waals surface area contributed by atoms with Crippen molar-refractivity contribution in [2.24, 2.45) is 10.8 Å². The summed E-state index contributed by atoms with van der Waals surface area (Å²) in [4.78, 5) is 13.9. The van der Waals surface area contributed by atoms with E-state index in [4.69, 9.17) is 21.7 Å². The molecule has 2 N–H and O–H groups in total. The molecule has 0 unspecified atom stereocenters. The fourth-order valence-corrected chi connectivity index (χ4v) is 4.28. The largest absolute Gasteiger partial charge is 0.497 e. The number of ketones is 1. The van der Waals surface area contributed by atoms with Gasteiger partial charge in [-0.15, -0.1) is 0 Å². The molecule has 31 heavy (non-hydrogen) atoms. The molecule has 2 aromatic rings. The zero-order chi connectivity index (χ0) is 22.8. The lowest BCUT2D eigenvalue weighted by Crippen LogP contribution is -2.62. The fourth-order valence-electron chi connectivity index (χ4n) is 4.05. The summed E-state index contributed by atoms with van der Waals surface area (Å²) < 4.78 is 10.5. The number of nitrogens with zero attached hydrogens (tertiary/aromatic N) is 1. The Labute approximate surface area is 188 Å². The summed E-state index contributed by atoms with van der Waals surface area (Å²) in [5.41, 5.74) is -0.651. The van der Waals surface area contributed by atoms with Crippen molar-refractivity contribution in [3.63, 3.8) is 0 Å². The van der Waals surface area contributed by atoms with Gasteiger partial charge < -0.3 is 20.1 Å². The summed E-state index contributed by atoms with van der Waals surface area (Å²) >= 11 is 5.50. The maximum Gasteiger partial charge on any atom is 0.167 e. The zero-order valence-electron chi connectivity index (χ0n) is 18.4. The first-order chi connectivity index (χ1) is 14.7. The number of nitrogens with one attached hydrogen (secondary N) is 2. The average Bonchev–Trinajstić information content (AvgIpc) is 2.77. The topological polar surface area (TPSA) is 83.4 Å². The Bertz CT molecular complexity index is 945. The van der Waals surface area contributed by atoms with E-state index in [0.717, 1.165) is 11.1 Å². The number of benzene rings is 2. The average molecular weight is 438 g/mol. The van der Waals surface area contributed by atoms with Gasteiger partial charge in [-0.2, -0.15) is 5.26 Å². The minimum Gasteiger partial charge on any atom is -0.497 e. The molecule has 1 heterocycles. The summed E-state index contributed by atoms with van der Waals surface area (Å²) in [5, 5.41) is 17.4. The van der Waals surface area contributed by atoms with Gasteiger partial charge in [0, 0.05) is 5.41 Å². The standard InChI is InChI=1S/C24H27N3O3S/c1-23(2,3)21(28)24(14-25)19(15-6-10-17(29-4)11-7-15)26-22(31)27-20(24)16-8-12-18(30-5)13-9-16/h6-13,19-20H,1-5H3,(H2,26,27,31)/t19-,20-/m0/s1. The Morgan fingerprint density at radius 3 is 1.61 bits per heavy atom. The molecule has 1 saturated heterocycles. The molecular weight excluding hydrogens is 410 g/mol. The van der Waals surface area contributed by atoms with E-state index in [0.29, 0.717) is 16.6 Å². The number of methoxy groups -OCH3 is 2. The second-order valence-electron chi connectivity index (χ2n) is 8.59. The number of thiocarbonyl (C=S) groups is 1. The molecule has 2 aromatic carbocycles. The van der Waals surface area contributed by atoms with Crippen LogP contribution in [-0.4, -0.2) is 25.1 Å². The molecule has 1 aliphatic heterocycles. The Morgan fingerprint density at radius 2 is 1.32 bits per heavy atom. The smallest absolute Gasteiger partial charge is 0.167 e. The summed E-state index contributed by atoms with van der Waals surface area (Å²) in [5.74, 6) is 1.21. The van der Waals surface area contributed by atoms with Gasteiger partial charge in [-0.3, -0.25) is 4.79 Å². The molecule has 7 heteroatoms. The van der Waals surface area contributed by atoms with Gasteiger partial charge in [0.1, 0.15) is 11.5 Å². The van der Waals surface area contributed by atoms with E-state index in [9.17, 15) is 10.1 Å². The van der Waals surface area contributed by atoms with Crippen LogP contribution in [0.25, 0.3) is 0 Å². The van der Waals surface area contributed by atoms with Crippen molar-refractivity contribution in [1.29, 1.82) is 5.26 Å². The minimum atomic E-state index is -1.45. The van der Waals surface area contributed by atoms with Gasteiger partial charge >= 0.3 is 0 Å². The molecule has 0 amide bonds. The molecule has 0 saturated carbocycles. The second-order valence-corrected chi connectivity index (χ2v) is 9.00. The quantitative estimate of drug-likeness (QED) is 0.682. The first-order valence-electron chi connectivity index (χ1n) is 9.98. The number of Topliss-reactive ketones (excluding diaryl/α,β-unsaturated/α-hetero) is 1. The third kappa shape index (κ3) is 4.08. The van der Waals surface area contributed by atoms with Crippen molar-refractivity contribution in [2.75, 3.05) is 14.2 Å². The number of hydrogen-bond donors (Lipinski definition) is 2. The lowest BCUT2D eigenvalue weighted by atomic mass is 9.61. The van der Waals surface area contributed by atoms with Gasteiger partial charge in [-0.25, -0.2) is 0 Å². The predicted molar refractivity (Wildman–Crippen MR) is 123 cm³/mol.